The largest absolute Gasteiger partial charge is 0.506 e. The SMILES string of the molecule is NCCn1c(=O)c(C2=NS(=O)(=O)c3ccccc3N2)c(O)c2cccnc21. The highest BCUT2D eigenvalue weighted by atomic mass is 32.2. The van der Waals surface area contributed by atoms with Crippen LogP contribution in [0.1, 0.15) is 5.56 Å². The number of nitrogens with zero attached hydrogens (tertiary/aromatic N) is 3. The number of pyridine rings is 2. The van der Waals surface area contributed by atoms with Crippen LogP contribution in [0.15, 0.2) is 56.7 Å². The van der Waals surface area contributed by atoms with Crippen LogP contribution in [-0.4, -0.2) is 35.5 Å². The summed E-state index contributed by atoms with van der Waals surface area (Å²) in [4.78, 5) is 17.1. The minimum atomic E-state index is -4.03. The zero-order valence-corrected chi connectivity index (χ0v) is 14.8. The lowest BCUT2D eigenvalue weighted by molar-refractivity contribution is 0.477. The van der Waals surface area contributed by atoms with Crippen molar-refractivity contribution in [3.63, 3.8) is 0 Å². The molecule has 0 fully saturated rings. The highest BCUT2D eigenvalue weighted by Gasteiger charge is 2.29. The Labute approximate surface area is 153 Å². The minimum Gasteiger partial charge on any atom is -0.506 e. The first-order chi connectivity index (χ1) is 12.9. The third kappa shape index (κ3) is 2.66. The smallest absolute Gasteiger partial charge is 0.286 e. The fraction of sp³-hybridized carbons (Fsp3) is 0.118. The summed E-state index contributed by atoms with van der Waals surface area (Å²) < 4.78 is 30.0. The maximum Gasteiger partial charge on any atom is 0.286 e. The molecule has 138 valence electrons. The van der Waals surface area contributed by atoms with Crippen molar-refractivity contribution in [1.29, 1.82) is 0 Å². The molecular formula is C17H15N5O4S. The Balaban J connectivity index is 2.04. The molecule has 4 N–H and O–H groups in total. The summed E-state index contributed by atoms with van der Waals surface area (Å²) in [5, 5.41) is 13.8. The van der Waals surface area contributed by atoms with Gasteiger partial charge in [-0.25, -0.2) is 4.98 Å². The summed E-state index contributed by atoms with van der Waals surface area (Å²) in [6.45, 7) is 0.313. The summed E-state index contributed by atoms with van der Waals surface area (Å²) in [6, 6.07) is 9.38. The molecule has 0 spiro atoms. The Morgan fingerprint density at radius 3 is 2.74 bits per heavy atom. The second-order valence-corrected chi connectivity index (χ2v) is 7.45. The van der Waals surface area contributed by atoms with Crippen molar-refractivity contribution in [1.82, 2.24) is 9.55 Å². The molecule has 4 rings (SSSR count). The van der Waals surface area contributed by atoms with Crippen molar-refractivity contribution in [2.75, 3.05) is 11.9 Å². The first kappa shape index (κ1) is 17.2. The highest BCUT2D eigenvalue weighted by molar-refractivity contribution is 7.90. The van der Waals surface area contributed by atoms with Crippen molar-refractivity contribution in [3.8, 4) is 5.75 Å². The van der Waals surface area contributed by atoms with Crippen molar-refractivity contribution < 1.29 is 13.5 Å². The van der Waals surface area contributed by atoms with Gasteiger partial charge in [0.05, 0.1) is 11.1 Å². The van der Waals surface area contributed by atoms with Gasteiger partial charge in [0.1, 0.15) is 21.9 Å². The number of hydrogen-bond acceptors (Lipinski definition) is 7. The van der Waals surface area contributed by atoms with E-state index in [1.165, 1.54) is 16.8 Å². The van der Waals surface area contributed by atoms with Crippen LogP contribution in [0.25, 0.3) is 11.0 Å². The van der Waals surface area contributed by atoms with E-state index >= 15 is 0 Å². The number of para-hydroxylation sites is 1. The second kappa shape index (κ2) is 6.18. The first-order valence-electron chi connectivity index (χ1n) is 8.06. The van der Waals surface area contributed by atoms with Gasteiger partial charge in [-0.1, -0.05) is 12.1 Å². The molecule has 3 heterocycles. The molecule has 27 heavy (non-hydrogen) atoms. The van der Waals surface area contributed by atoms with Crippen molar-refractivity contribution >= 4 is 32.6 Å². The molecule has 2 aromatic heterocycles. The predicted molar refractivity (Wildman–Crippen MR) is 101 cm³/mol. The maximum absolute atomic E-state index is 13.0. The average Bonchev–Trinajstić information content (AvgIpc) is 2.65. The van der Waals surface area contributed by atoms with Gasteiger partial charge in [0.25, 0.3) is 15.6 Å². The number of amidine groups is 1. The predicted octanol–water partition coefficient (Wildman–Crippen LogP) is 0.622. The van der Waals surface area contributed by atoms with Gasteiger partial charge in [-0.15, -0.1) is 4.40 Å². The Hall–Kier alpha value is -3.24. The van der Waals surface area contributed by atoms with Gasteiger partial charge in [0.15, 0.2) is 5.84 Å². The lowest BCUT2D eigenvalue weighted by atomic mass is 10.1. The number of nitrogens with two attached hydrogens (primary N) is 1. The number of benzene rings is 1. The number of aromatic nitrogens is 2. The van der Waals surface area contributed by atoms with E-state index in [1.807, 2.05) is 0 Å². The topological polar surface area (TPSA) is 140 Å². The molecule has 1 aromatic carbocycles. The van der Waals surface area contributed by atoms with Crippen LogP contribution in [0, 0.1) is 0 Å². The number of anilines is 1. The minimum absolute atomic E-state index is 0.00187. The Bertz CT molecular complexity index is 1260. The number of sulfonamides is 1. The van der Waals surface area contributed by atoms with E-state index in [1.54, 1.807) is 30.3 Å². The summed E-state index contributed by atoms with van der Waals surface area (Å²) >= 11 is 0. The van der Waals surface area contributed by atoms with Gasteiger partial charge >= 0.3 is 0 Å². The monoisotopic (exact) mass is 385 g/mol. The van der Waals surface area contributed by atoms with Crippen LogP contribution in [0.2, 0.25) is 0 Å². The molecule has 1 aliphatic heterocycles. The van der Waals surface area contributed by atoms with E-state index in [0.717, 1.165) is 0 Å². The van der Waals surface area contributed by atoms with Crippen LogP contribution < -0.4 is 16.6 Å². The number of nitrogens with one attached hydrogen (secondary N) is 1. The van der Waals surface area contributed by atoms with Gasteiger partial charge in [-0.2, -0.15) is 8.42 Å². The zero-order valence-electron chi connectivity index (χ0n) is 14.0. The molecule has 0 atom stereocenters. The Kier molecular flexibility index (Phi) is 3.93. The quantitative estimate of drug-likeness (QED) is 0.600. The summed E-state index contributed by atoms with van der Waals surface area (Å²) in [7, 11) is -4.03. The molecule has 9 nitrogen and oxygen atoms in total. The molecule has 1 aliphatic rings. The molecule has 0 radical (unpaired) electrons. The number of aromatic hydroxyl groups is 1. The maximum atomic E-state index is 13.0. The second-order valence-electron chi connectivity index (χ2n) is 5.88. The van der Waals surface area contributed by atoms with Crippen LogP contribution in [-0.2, 0) is 16.6 Å². The van der Waals surface area contributed by atoms with Crippen LogP contribution in [0.5, 0.6) is 5.75 Å². The van der Waals surface area contributed by atoms with Crippen molar-refractivity contribution in [2.45, 2.75) is 11.4 Å². The fourth-order valence-corrected chi connectivity index (χ4v) is 4.16. The molecule has 0 saturated carbocycles. The lowest BCUT2D eigenvalue weighted by Gasteiger charge is -2.20. The normalized spacial score (nSPS) is 15.1. The molecule has 0 aliphatic carbocycles. The highest BCUT2D eigenvalue weighted by Crippen LogP contribution is 2.31. The van der Waals surface area contributed by atoms with Gasteiger partial charge in [0, 0.05) is 19.3 Å². The Morgan fingerprint density at radius 2 is 1.96 bits per heavy atom. The van der Waals surface area contributed by atoms with Gasteiger partial charge < -0.3 is 16.2 Å². The van der Waals surface area contributed by atoms with E-state index in [2.05, 4.69) is 14.7 Å². The average molecular weight is 385 g/mol. The van der Waals surface area contributed by atoms with E-state index < -0.39 is 21.3 Å². The molecule has 0 bridgehead atoms. The number of hydrogen-bond donors (Lipinski definition) is 3. The van der Waals surface area contributed by atoms with Crippen molar-refractivity contribution in [3.05, 3.63) is 58.5 Å². The number of rotatable bonds is 3. The van der Waals surface area contributed by atoms with Crippen LogP contribution in [0.4, 0.5) is 5.69 Å². The lowest BCUT2D eigenvalue weighted by Crippen LogP contribution is -2.34. The third-order valence-electron chi connectivity index (χ3n) is 4.21. The third-order valence-corrected chi connectivity index (χ3v) is 5.55. The van der Waals surface area contributed by atoms with E-state index in [9.17, 15) is 18.3 Å². The van der Waals surface area contributed by atoms with Gasteiger partial charge in [-0.05, 0) is 24.3 Å². The molecule has 10 heteroatoms. The standard InChI is InChI=1S/C17H15N5O4S/c18-7-9-22-16-10(4-3-8-19-16)14(23)13(17(22)24)15-20-11-5-1-2-6-12(11)27(25,26)21-15/h1-6,8,23H,7,9,18H2,(H,20,21). The molecule has 3 aromatic rings. The van der Waals surface area contributed by atoms with Crippen LogP contribution in [0.3, 0.4) is 0 Å². The number of fused-ring (bicyclic) bond motifs is 2. The molecule has 0 unspecified atom stereocenters. The van der Waals surface area contributed by atoms with E-state index in [-0.39, 0.29) is 40.7 Å². The van der Waals surface area contributed by atoms with Gasteiger partial charge in [-0.3, -0.25) is 9.36 Å². The van der Waals surface area contributed by atoms with E-state index in [4.69, 9.17) is 5.73 Å². The zero-order chi connectivity index (χ0) is 19.2. The molecule has 0 saturated heterocycles. The summed E-state index contributed by atoms with van der Waals surface area (Å²) in [6.07, 6.45) is 1.49. The van der Waals surface area contributed by atoms with Crippen LogP contribution >= 0.6 is 0 Å². The van der Waals surface area contributed by atoms with Crippen molar-refractivity contribution in [2.24, 2.45) is 10.1 Å². The summed E-state index contributed by atoms with van der Waals surface area (Å²) in [5.74, 6) is -0.634. The fourth-order valence-electron chi connectivity index (χ4n) is 3.04. The Morgan fingerprint density at radius 1 is 1.19 bits per heavy atom. The molecular weight excluding hydrogens is 370 g/mol. The first-order valence-corrected chi connectivity index (χ1v) is 9.50. The molecule has 0 amide bonds. The van der Waals surface area contributed by atoms with E-state index in [0.29, 0.717) is 5.39 Å². The van der Waals surface area contributed by atoms with Gasteiger partial charge in [0.2, 0.25) is 0 Å². The summed E-state index contributed by atoms with van der Waals surface area (Å²) in [5.41, 5.74) is 5.25.